The third-order valence-corrected chi connectivity index (χ3v) is 6.00. The number of hydrogen-bond donors (Lipinski definition) is 2. The summed E-state index contributed by atoms with van der Waals surface area (Å²) in [7, 11) is -1.55. The highest BCUT2D eigenvalue weighted by atomic mass is 32.2. The lowest BCUT2D eigenvalue weighted by Gasteiger charge is -2.22. The standard InChI is InChI=1S/C14H20N2O2S/c1-15-12-4-6-13(7-5-12)19(17,18)16-14-9-10-2-3-11(14)8-10/h4-7,10-11,14-16H,2-3,8-9H2,1H3. The van der Waals surface area contributed by atoms with Crippen LogP contribution in [0.15, 0.2) is 29.2 Å². The molecule has 2 aliphatic carbocycles. The van der Waals surface area contributed by atoms with Gasteiger partial charge < -0.3 is 5.32 Å². The molecular formula is C14H20N2O2S. The Labute approximate surface area is 114 Å². The Bertz CT molecular complexity index is 553. The van der Waals surface area contributed by atoms with Gasteiger partial charge in [-0.1, -0.05) is 6.42 Å². The molecule has 3 unspecified atom stereocenters. The molecule has 19 heavy (non-hydrogen) atoms. The van der Waals surface area contributed by atoms with Crippen LogP contribution in [0.3, 0.4) is 0 Å². The maximum Gasteiger partial charge on any atom is 0.240 e. The Morgan fingerprint density at radius 2 is 1.84 bits per heavy atom. The van der Waals surface area contributed by atoms with Crippen molar-refractivity contribution >= 4 is 15.7 Å². The van der Waals surface area contributed by atoms with Gasteiger partial charge in [-0.15, -0.1) is 0 Å². The second-order valence-electron chi connectivity index (χ2n) is 5.68. The zero-order chi connectivity index (χ0) is 13.5. The summed E-state index contributed by atoms with van der Waals surface area (Å²) in [6.07, 6.45) is 4.67. The van der Waals surface area contributed by atoms with Gasteiger partial charge in [-0.05, 0) is 55.4 Å². The first-order valence-corrected chi connectivity index (χ1v) is 8.37. The quantitative estimate of drug-likeness (QED) is 0.889. The topological polar surface area (TPSA) is 58.2 Å². The van der Waals surface area contributed by atoms with E-state index in [1.54, 1.807) is 24.3 Å². The second-order valence-corrected chi connectivity index (χ2v) is 7.39. The number of rotatable bonds is 4. The minimum Gasteiger partial charge on any atom is -0.388 e. The average molecular weight is 280 g/mol. The zero-order valence-electron chi connectivity index (χ0n) is 11.1. The summed E-state index contributed by atoms with van der Waals surface area (Å²) in [5, 5.41) is 2.99. The third-order valence-electron chi connectivity index (χ3n) is 4.50. The van der Waals surface area contributed by atoms with Crippen molar-refractivity contribution in [2.24, 2.45) is 11.8 Å². The van der Waals surface area contributed by atoms with Crippen molar-refractivity contribution in [3.8, 4) is 0 Å². The fourth-order valence-corrected chi connectivity index (χ4v) is 4.77. The molecule has 2 aliphatic rings. The van der Waals surface area contributed by atoms with Crippen LogP contribution in [0.2, 0.25) is 0 Å². The van der Waals surface area contributed by atoms with Crippen molar-refractivity contribution in [3.63, 3.8) is 0 Å². The molecule has 104 valence electrons. The van der Waals surface area contributed by atoms with Gasteiger partial charge in [0, 0.05) is 18.8 Å². The summed E-state index contributed by atoms with van der Waals surface area (Å²) in [4.78, 5) is 0.356. The van der Waals surface area contributed by atoms with Gasteiger partial charge in [0.15, 0.2) is 0 Å². The molecule has 0 aliphatic heterocycles. The fraction of sp³-hybridized carbons (Fsp3) is 0.571. The van der Waals surface area contributed by atoms with Gasteiger partial charge in [-0.25, -0.2) is 13.1 Å². The summed E-state index contributed by atoms with van der Waals surface area (Å²) in [6, 6.07) is 7.03. The van der Waals surface area contributed by atoms with E-state index >= 15 is 0 Å². The summed E-state index contributed by atoms with van der Waals surface area (Å²) < 4.78 is 27.6. The normalized spacial score (nSPS) is 29.6. The Morgan fingerprint density at radius 3 is 2.37 bits per heavy atom. The van der Waals surface area contributed by atoms with E-state index in [4.69, 9.17) is 0 Å². The van der Waals surface area contributed by atoms with Gasteiger partial charge in [-0.2, -0.15) is 0 Å². The number of hydrogen-bond acceptors (Lipinski definition) is 3. The molecule has 4 nitrogen and oxygen atoms in total. The first-order valence-electron chi connectivity index (χ1n) is 6.88. The highest BCUT2D eigenvalue weighted by Gasteiger charge is 2.41. The Morgan fingerprint density at radius 1 is 1.11 bits per heavy atom. The van der Waals surface area contributed by atoms with Gasteiger partial charge >= 0.3 is 0 Å². The molecule has 0 aromatic heterocycles. The van der Waals surface area contributed by atoms with Crippen molar-refractivity contribution in [3.05, 3.63) is 24.3 Å². The number of anilines is 1. The molecule has 0 amide bonds. The van der Waals surface area contributed by atoms with Crippen LogP contribution in [0.25, 0.3) is 0 Å². The van der Waals surface area contributed by atoms with Crippen molar-refractivity contribution in [1.29, 1.82) is 0 Å². The number of fused-ring (bicyclic) bond motifs is 2. The summed E-state index contributed by atoms with van der Waals surface area (Å²) in [5.74, 6) is 1.29. The average Bonchev–Trinajstić information content (AvgIpc) is 3.00. The van der Waals surface area contributed by atoms with Gasteiger partial charge in [-0.3, -0.25) is 0 Å². The predicted molar refractivity (Wildman–Crippen MR) is 75.5 cm³/mol. The van der Waals surface area contributed by atoms with E-state index in [0.717, 1.165) is 18.0 Å². The van der Waals surface area contributed by atoms with Gasteiger partial charge in [0.05, 0.1) is 4.90 Å². The Hall–Kier alpha value is -1.07. The molecule has 5 heteroatoms. The van der Waals surface area contributed by atoms with Crippen LogP contribution in [0.5, 0.6) is 0 Å². The molecule has 1 aromatic rings. The van der Waals surface area contributed by atoms with Crippen LogP contribution in [0.4, 0.5) is 5.69 Å². The van der Waals surface area contributed by atoms with Crippen molar-refractivity contribution in [1.82, 2.24) is 4.72 Å². The summed E-state index contributed by atoms with van der Waals surface area (Å²) in [5.41, 5.74) is 0.916. The van der Waals surface area contributed by atoms with Crippen LogP contribution in [-0.4, -0.2) is 21.5 Å². The number of benzene rings is 1. The lowest BCUT2D eigenvalue weighted by Crippen LogP contribution is -2.38. The SMILES string of the molecule is CNc1ccc(S(=O)(=O)NC2CC3CCC2C3)cc1. The molecule has 2 bridgehead atoms. The van der Waals surface area contributed by atoms with E-state index in [1.807, 2.05) is 7.05 Å². The van der Waals surface area contributed by atoms with Crippen LogP contribution < -0.4 is 10.0 Å². The third kappa shape index (κ3) is 2.49. The van der Waals surface area contributed by atoms with E-state index in [1.165, 1.54) is 19.3 Å². The van der Waals surface area contributed by atoms with Crippen molar-refractivity contribution in [2.75, 3.05) is 12.4 Å². The highest BCUT2D eigenvalue weighted by molar-refractivity contribution is 7.89. The minimum atomic E-state index is -3.37. The van der Waals surface area contributed by atoms with E-state index < -0.39 is 10.0 Å². The summed E-state index contributed by atoms with van der Waals surface area (Å²) in [6.45, 7) is 0. The van der Waals surface area contributed by atoms with Crippen LogP contribution in [-0.2, 0) is 10.0 Å². The molecule has 0 radical (unpaired) electrons. The predicted octanol–water partition coefficient (Wildman–Crippen LogP) is 2.20. The van der Waals surface area contributed by atoms with Crippen LogP contribution in [0, 0.1) is 11.8 Å². The molecule has 0 heterocycles. The first-order chi connectivity index (χ1) is 9.08. The van der Waals surface area contributed by atoms with Crippen molar-refractivity contribution in [2.45, 2.75) is 36.6 Å². The molecule has 0 spiro atoms. The van der Waals surface area contributed by atoms with Gasteiger partial charge in [0.2, 0.25) is 10.0 Å². The number of nitrogens with one attached hydrogen (secondary N) is 2. The Balaban J connectivity index is 1.75. The Kier molecular flexibility index (Phi) is 3.27. The van der Waals surface area contributed by atoms with Gasteiger partial charge in [0.25, 0.3) is 0 Å². The molecule has 2 fully saturated rings. The second kappa shape index (κ2) is 4.80. The lowest BCUT2D eigenvalue weighted by molar-refractivity contribution is 0.390. The van der Waals surface area contributed by atoms with E-state index in [2.05, 4.69) is 10.0 Å². The molecule has 2 N–H and O–H groups in total. The van der Waals surface area contributed by atoms with Gasteiger partial charge in [0.1, 0.15) is 0 Å². The molecule has 0 saturated heterocycles. The maximum atomic E-state index is 12.3. The van der Waals surface area contributed by atoms with E-state index in [0.29, 0.717) is 10.8 Å². The minimum absolute atomic E-state index is 0.146. The molecular weight excluding hydrogens is 260 g/mol. The smallest absolute Gasteiger partial charge is 0.240 e. The first kappa shape index (κ1) is 12.9. The fourth-order valence-electron chi connectivity index (χ4n) is 3.46. The molecule has 1 aromatic carbocycles. The lowest BCUT2D eigenvalue weighted by atomic mass is 9.96. The summed E-state index contributed by atoms with van der Waals surface area (Å²) >= 11 is 0. The monoisotopic (exact) mass is 280 g/mol. The molecule has 3 atom stereocenters. The van der Waals surface area contributed by atoms with E-state index in [-0.39, 0.29) is 6.04 Å². The molecule has 3 rings (SSSR count). The van der Waals surface area contributed by atoms with Crippen LogP contribution >= 0.6 is 0 Å². The van der Waals surface area contributed by atoms with Crippen LogP contribution in [0.1, 0.15) is 25.7 Å². The number of sulfonamides is 1. The van der Waals surface area contributed by atoms with E-state index in [9.17, 15) is 8.42 Å². The highest BCUT2D eigenvalue weighted by Crippen LogP contribution is 2.44. The molecule has 2 saturated carbocycles. The zero-order valence-corrected chi connectivity index (χ0v) is 11.9. The largest absolute Gasteiger partial charge is 0.388 e. The van der Waals surface area contributed by atoms with Crippen molar-refractivity contribution < 1.29 is 8.42 Å². The maximum absolute atomic E-state index is 12.3.